The van der Waals surface area contributed by atoms with E-state index in [2.05, 4.69) is 38.4 Å². The van der Waals surface area contributed by atoms with Gasteiger partial charge in [0.05, 0.1) is 6.61 Å². The maximum absolute atomic E-state index is 5.43. The largest absolute Gasteiger partial charge is 0.328 e. The Kier molecular flexibility index (Phi) is 6.57. The van der Waals surface area contributed by atoms with Gasteiger partial charge in [-0.05, 0) is 19.9 Å². The summed E-state index contributed by atoms with van der Waals surface area (Å²) in [6.45, 7) is 5.31. The predicted octanol–water partition coefficient (Wildman–Crippen LogP) is 0.630. The number of hydrogen-bond acceptors (Lipinski definition) is 7. The van der Waals surface area contributed by atoms with E-state index in [-0.39, 0.29) is 6.17 Å². The molecule has 1 rings (SSSR count). The normalized spacial score (nSPS) is 11.7. The molecule has 0 aromatic carbocycles. The molecule has 0 bridgehead atoms. The zero-order valence-electron chi connectivity index (χ0n) is 11.6. The van der Waals surface area contributed by atoms with Crippen molar-refractivity contribution in [1.29, 1.82) is 0 Å². The van der Waals surface area contributed by atoms with Gasteiger partial charge in [0.25, 0.3) is 5.95 Å². The summed E-state index contributed by atoms with van der Waals surface area (Å²) in [4.78, 5) is 17.5. The molecule has 1 heterocycles. The third-order valence-electron chi connectivity index (χ3n) is 2.20. The minimum Gasteiger partial charge on any atom is -0.328 e. The molecule has 0 fully saturated rings. The third-order valence-corrected chi connectivity index (χ3v) is 2.20. The van der Waals surface area contributed by atoms with Gasteiger partial charge in [0.2, 0.25) is 5.95 Å². The Balaban J connectivity index is 2.68. The summed E-state index contributed by atoms with van der Waals surface area (Å²) in [6, 6.07) is 0. The number of hydroxylamine groups is 1. The van der Waals surface area contributed by atoms with Crippen molar-refractivity contribution >= 4 is 11.9 Å². The van der Waals surface area contributed by atoms with Crippen molar-refractivity contribution in [2.24, 2.45) is 0 Å². The molecule has 1 aromatic heterocycles. The molecule has 0 amide bonds. The fourth-order valence-corrected chi connectivity index (χ4v) is 1.33. The molecule has 104 valence electrons. The lowest BCUT2D eigenvalue weighted by atomic mass is 10.4. The van der Waals surface area contributed by atoms with Crippen LogP contribution in [0.5, 0.6) is 0 Å². The molecule has 0 aliphatic carbocycles. The van der Waals surface area contributed by atoms with Gasteiger partial charge in [0.15, 0.2) is 0 Å². The van der Waals surface area contributed by atoms with E-state index in [1.54, 1.807) is 7.05 Å². The summed E-state index contributed by atoms with van der Waals surface area (Å²) >= 11 is 0. The van der Waals surface area contributed by atoms with Gasteiger partial charge >= 0.3 is 0 Å². The van der Waals surface area contributed by atoms with Crippen molar-refractivity contribution in [2.45, 2.75) is 26.4 Å². The molecular weight excluding hydrogens is 244 g/mol. The molecule has 7 heteroatoms. The number of rotatable bonds is 8. The lowest BCUT2D eigenvalue weighted by molar-refractivity contribution is 0.131. The van der Waals surface area contributed by atoms with Crippen molar-refractivity contribution in [3.63, 3.8) is 0 Å². The lowest BCUT2D eigenvalue weighted by Crippen LogP contribution is -2.36. The van der Waals surface area contributed by atoms with E-state index in [0.717, 1.165) is 13.0 Å². The standard InChI is InChI=1S/C12H20N6O/c1-5-8-13-10(6-2)16-11-14-9-15-12(17-11)18(4)19-7-3/h2,9-10,13H,5,7-8H2,1,3-4H3,(H,14,15,16,17). The van der Waals surface area contributed by atoms with Crippen LogP contribution in [-0.4, -0.2) is 41.3 Å². The Morgan fingerprint density at radius 1 is 1.47 bits per heavy atom. The van der Waals surface area contributed by atoms with Gasteiger partial charge in [-0.1, -0.05) is 12.8 Å². The molecule has 0 spiro atoms. The van der Waals surface area contributed by atoms with Crippen molar-refractivity contribution in [2.75, 3.05) is 30.6 Å². The van der Waals surface area contributed by atoms with Crippen LogP contribution in [0.1, 0.15) is 20.3 Å². The Morgan fingerprint density at radius 3 is 2.89 bits per heavy atom. The molecule has 0 radical (unpaired) electrons. The van der Waals surface area contributed by atoms with Gasteiger partial charge in [-0.25, -0.2) is 10.0 Å². The van der Waals surface area contributed by atoms with E-state index < -0.39 is 0 Å². The average Bonchev–Trinajstić information content (AvgIpc) is 2.44. The van der Waals surface area contributed by atoms with E-state index in [4.69, 9.17) is 11.3 Å². The smallest absolute Gasteiger partial charge is 0.254 e. The van der Waals surface area contributed by atoms with Crippen molar-refractivity contribution < 1.29 is 4.84 Å². The summed E-state index contributed by atoms with van der Waals surface area (Å²) in [6.07, 6.45) is 7.52. The SMILES string of the molecule is C#CC(NCCC)Nc1ncnc(N(C)OCC)n1. The van der Waals surface area contributed by atoms with E-state index in [0.29, 0.717) is 18.5 Å². The summed E-state index contributed by atoms with van der Waals surface area (Å²) in [7, 11) is 1.73. The first-order valence-corrected chi connectivity index (χ1v) is 6.23. The fourth-order valence-electron chi connectivity index (χ4n) is 1.33. The van der Waals surface area contributed by atoms with Gasteiger partial charge in [0, 0.05) is 7.05 Å². The molecule has 2 N–H and O–H groups in total. The molecule has 0 aliphatic rings. The number of anilines is 2. The number of nitrogens with zero attached hydrogens (tertiary/aromatic N) is 4. The zero-order chi connectivity index (χ0) is 14.1. The minimum atomic E-state index is -0.312. The fraction of sp³-hybridized carbons (Fsp3) is 0.583. The second-order valence-electron chi connectivity index (χ2n) is 3.72. The molecule has 0 saturated heterocycles. The summed E-state index contributed by atoms with van der Waals surface area (Å²) in [5.41, 5.74) is 0. The lowest BCUT2D eigenvalue weighted by Gasteiger charge is -2.17. The van der Waals surface area contributed by atoms with Crippen LogP contribution in [0.2, 0.25) is 0 Å². The van der Waals surface area contributed by atoms with Crippen LogP contribution in [0.3, 0.4) is 0 Å². The second kappa shape index (κ2) is 8.24. The maximum Gasteiger partial charge on any atom is 0.254 e. The van der Waals surface area contributed by atoms with Crippen molar-refractivity contribution in [3.05, 3.63) is 6.33 Å². The minimum absolute atomic E-state index is 0.312. The number of terminal acetylenes is 1. The molecular formula is C12H20N6O. The van der Waals surface area contributed by atoms with Crippen LogP contribution >= 0.6 is 0 Å². The van der Waals surface area contributed by atoms with Gasteiger partial charge < -0.3 is 5.32 Å². The quantitative estimate of drug-likeness (QED) is 0.405. The van der Waals surface area contributed by atoms with Crippen LogP contribution in [0, 0.1) is 12.3 Å². The number of nitrogens with one attached hydrogen (secondary N) is 2. The Labute approximate surface area is 113 Å². The molecule has 1 unspecified atom stereocenters. The highest BCUT2D eigenvalue weighted by Crippen LogP contribution is 2.07. The Bertz CT molecular complexity index is 419. The van der Waals surface area contributed by atoms with Crippen molar-refractivity contribution in [3.8, 4) is 12.3 Å². The van der Waals surface area contributed by atoms with Crippen LogP contribution in [0.25, 0.3) is 0 Å². The van der Waals surface area contributed by atoms with E-state index >= 15 is 0 Å². The highest BCUT2D eigenvalue weighted by atomic mass is 16.7. The monoisotopic (exact) mass is 264 g/mol. The van der Waals surface area contributed by atoms with Gasteiger partial charge in [-0.3, -0.25) is 10.2 Å². The zero-order valence-corrected chi connectivity index (χ0v) is 11.6. The molecule has 19 heavy (non-hydrogen) atoms. The summed E-state index contributed by atoms with van der Waals surface area (Å²) in [5.74, 6) is 3.42. The van der Waals surface area contributed by atoms with Gasteiger partial charge in [-0.15, -0.1) is 6.42 Å². The number of aromatic nitrogens is 3. The van der Waals surface area contributed by atoms with E-state index in [1.807, 2.05) is 6.92 Å². The first-order chi connectivity index (χ1) is 9.21. The first-order valence-electron chi connectivity index (χ1n) is 6.23. The molecule has 1 aromatic rings. The van der Waals surface area contributed by atoms with E-state index in [9.17, 15) is 0 Å². The third kappa shape index (κ3) is 5.07. The highest BCUT2D eigenvalue weighted by Gasteiger charge is 2.09. The summed E-state index contributed by atoms with van der Waals surface area (Å²) < 4.78 is 0. The van der Waals surface area contributed by atoms with Crippen molar-refractivity contribution in [1.82, 2.24) is 20.3 Å². The molecule has 0 aliphatic heterocycles. The van der Waals surface area contributed by atoms with Crippen LogP contribution < -0.4 is 15.7 Å². The predicted molar refractivity (Wildman–Crippen MR) is 74.4 cm³/mol. The summed E-state index contributed by atoms with van der Waals surface area (Å²) in [5, 5.41) is 7.64. The Morgan fingerprint density at radius 2 is 2.26 bits per heavy atom. The first kappa shape index (κ1) is 15.1. The van der Waals surface area contributed by atoms with Crippen LogP contribution in [0.15, 0.2) is 6.33 Å². The molecule has 1 atom stereocenters. The molecule has 7 nitrogen and oxygen atoms in total. The van der Waals surface area contributed by atoms with Crippen LogP contribution in [-0.2, 0) is 4.84 Å². The number of hydrogen-bond donors (Lipinski definition) is 2. The van der Waals surface area contributed by atoms with Gasteiger partial charge in [0.1, 0.15) is 12.5 Å². The second-order valence-corrected chi connectivity index (χ2v) is 3.72. The highest BCUT2D eigenvalue weighted by molar-refractivity contribution is 5.35. The van der Waals surface area contributed by atoms with E-state index in [1.165, 1.54) is 11.4 Å². The Hall–Kier alpha value is -1.91. The van der Waals surface area contributed by atoms with Gasteiger partial charge in [-0.2, -0.15) is 9.97 Å². The van der Waals surface area contributed by atoms with Crippen LogP contribution in [0.4, 0.5) is 11.9 Å². The maximum atomic E-state index is 5.43. The molecule has 0 saturated carbocycles. The average molecular weight is 264 g/mol. The topological polar surface area (TPSA) is 75.2 Å².